The summed E-state index contributed by atoms with van der Waals surface area (Å²) in [5.41, 5.74) is 12.2. The highest BCUT2D eigenvalue weighted by atomic mass is 79.9. The van der Waals surface area contributed by atoms with Gasteiger partial charge in [-0.15, -0.1) is 0 Å². The topological polar surface area (TPSA) is 93.1 Å². The number of aliphatic imine (C=N–C) groups is 1. The Balaban J connectivity index is 2.68. The number of hydrogen-bond acceptors (Lipinski definition) is 2. The Morgan fingerprint density at radius 3 is 2.93 bits per heavy atom. The van der Waals surface area contributed by atoms with Gasteiger partial charge in [0, 0.05) is 5.39 Å². The zero-order chi connectivity index (χ0) is 10.1. The number of nitrogens with zero attached hydrogens (tertiary/aromatic N) is 2. The van der Waals surface area contributed by atoms with E-state index in [0.717, 1.165) is 15.4 Å². The van der Waals surface area contributed by atoms with Crippen LogP contribution in [0.15, 0.2) is 27.8 Å². The minimum atomic E-state index is 0.0320. The van der Waals surface area contributed by atoms with Crippen LogP contribution in [0.2, 0.25) is 0 Å². The van der Waals surface area contributed by atoms with Crippen molar-refractivity contribution in [2.24, 2.45) is 16.5 Å². The van der Waals surface area contributed by atoms with E-state index in [-0.39, 0.29) is 5.96 Å². The lowest BCUT2D eigenvalue weighted by atomic mass is 10.2. The predicted octanol–water partition coefficient (Wildman–Crippen LogP) is 1.23. The lowest BCUT2D eigenvalue weighted by molar-refractivity contribution is 1.12. The smallest absolute Gasteiger partial charge is 0.191 e. The SMILES string of the molecule is NC(N)=Nc1ccc2cn[nH]c2c1Br. The number of nitrogens with two attached hydrogens (primary N) is 2. The summed E-state index contributed by atoms with van der Waals surface area (Å²) >= 11 is 3.40. The second kappa shape index (κ2) is 3.30. The van der Waals surface area contributed by atoms with E-state index in [4.69, 9.17) is 11.5 Å². The van der Waals surface area contributed by atoms with Crippen LogP contribution >= 0.6 is 15.9 Å². The lowest BCUT2D eigenvalue weighted by Crippen LogP contribution is -2.21. The molecule has 6 heteroatoms. The Labute approximate surface area is 88.3 Å². The van der Waals surface area contributed by atoms with Crippen LogP contribution in [0.3, 0.4) is 0 Å². The molecule has 0 fully saturated rings. The largest absolute Gasteiger partial charge is 0.370 e. The summed E-state index contributed by atoms with van der Waals surface area (Å²) in [5.74, 6) is 0.0320. The molecule has 0 radical (unpaired) electrons. The summed E-state index contributed by atoms with van der Waals surface area (Å²) < 4.78 is 0.806. The highest BCUT2D eigenvalue weighted by molar-refractivity contribution is 9.10. The van der Waals surface area contributed by atoms with E-state index in [2.05, 4.69) is 31.1 Å². The van der Waals surface area contributed by atoms with Gasteiger partial charge in [0.1, 0.15) is 0 Å². The first kappa shape index (κ1) is 9.01. The van der Waals surface area contributed by atoms with E-state index < -0.39 is 0 Å². The summed E-state index contributed by atoms with van der Waals surface area (Å²) in [6.45, 7) is 0. The summed E-state index contributed by atoms with van der Waals surface area (Å²) in [7, 11) is 0. The molecule has 14 heavy (non-hydrogen) atoms. The third-order valence-electron chi connectivity index (χ3n) is 1.78. The number of nitrogens with one attached hydrogen (secondary N) is 1. The molecule has 0 aliphatic carbocycles. The van der Waals surface area contributed by atoms with E-state index in [0.29, 0.717) is 5.69 Å². The van der Waals surface area contributed by atoms with Crippen LogP contribution < -0.4 is 11.5 Å². The van der Waals surface area contributed by atoms with Gasteiger partial charge < -0.3 is 11.5 Å². The van der Waals surface area contributed by atoms with Crippen molar-refractivity contribution in [3.63, 3.8) is 0 Å². The van der Waals surface area contributed by atoms with Crippen LogP contribution in [0.5, 0.6) is 0 Å². The molecule has 2 rings (SSSR count). The van der Waals surface area contributed by atoms with Crippen molar-refractivity contribution in [1.82, 2.24) is 10.2 Å². The number of rotatable bonds is 1. The molecule has 0 unspecified atom stereocenters. The van der Waals surface area contributed by atoms with Crippen LogP contribution in [-0.4, -0.2) is 16.2 Å². The van der Waals surface area contributed by atoms with Gasteiger partial charge >= 0.3 is 0 Å². The molecule has 5 nitrogen and oxygen atoms in total. The van der Waals surface area contributed by atoms with Crippen molar-refractivity contribution in [3.8, 4) is 0 Å². The van der Waals surface area contributed by atoms with Crippen molar-refractivity contribution in [3.05, 3.63) is 22.8 Å². The van der Waals surface area contributed by atoms with Gasteiger partial charge in [-0.1, -0.05) is 0 Å². The maximum atomic E-state index is 5.29. The van der Waals surface area contributed by atoms with Gasteiger partial charge in [0.25, 0.3) is 0 Å². The zero-order valence-electron chi connectivity index (χ0n) is 7.16. The maximum absolute atomic E-state index is 5.29. The van der Waals surface area contributed by atoms with E-state index in [1.807, 2.05) is 12.1 Å². The minimum absolute atomic E-state index is 0.0320. The highest BCUT2D eigenvalue weighted by Crippen LogP contribution is 2.31. The Morgan fingerprint density at radius 2 is 2.21 bits per heavy atom. The van der Waals surface area contributed by atoms with Gasteiger partial charge in [-0.25, -0.2) is 4.99 Å². The van der Waals surface area contributed by atoms with Gasteiger partial charge in [-0.3, -0.25) is 5.10 Å². The number of guanidine groups is 1. The number of aromatic nitrogens is 2. The molecule has 72 valence electrons. The molecule has 0 spiro atoms. The molecular weight excluding hydrogens is 246 g/mol. The average molecular weight is 254 g/mol. The van der Waals surface area contributed by atoms with Crippen molar-refractivity contribution in [2.75, 3.05) is 0 Å². The van der Waals surface area contributed by atoms with E-state index >= 15 is 0 Å². The van der Waals surface area contributed by atoms with Crippen LogP contribution in [0, 0.1) is 0 Å². The number of benzene rings is 1. The molecule has 0 aliphatic heterocycles. The Kier molecular flexibility index (Phi) is 2.12. The van der Waals surface area contributed by atoms with Gasteiger partial charge in [0.15, 0.2) is 5.96 Å². The lowest BCUT2D eigenvalue weighted by Gasteiger charge is -1.99. The van der Waals surface area contributed by atoms with Gasteiger partial charge in [0.05, 0.1) is 21.9 Å². The van der Waals surface area contributed by atoms with Gasteiger partial charge in [-0.05, 0) is 28.1 Å². The molecule has 1 aromatic heterocycles. The number of fused-ring (bicyclic) bond motifs is 1. The first-order valence-corrected chi connectivity index (χ1v) is 4.69. The summed E-state index contributed by atoms with van der Waals surface area (Å²) in [4.78, 5) is 3.97. The summed E-state index contributed by atoms with van der Waals surface area (Å²) in [6.07, 6.45) is 1.74. The first-order chi connectivity index (χ1) is 6.68. The third-order valence-corrected chi connectivity index (χ3v) is 2.59. The van der Waals surface area contributed by atoms with Crippen molar-refractivity contribution >= 4 is 38.5 Å². The molecular formula is C8H8BrN5. The Hall–Kier alpha value is -1.56. The molecule has 0 atom stereocenters. The van der Waals surface area contributed by atoms with Crippen LogP contribution in [-0.2, 0) is 0 Å². The second-order valence-electron chi connectivity index (χ2n) is 2.77. The van der Waals surface area contributed by atoms with Gasteiger partial charge in [-0.2, -0.15) is 5.10 Å². The number of hydrogen-bond donors (Lipinski definition) is 3. The molecule has 0 bridgehead atoms. The fourth-order valence-electron chi connectivity index (χ4n) is 1.19. The molecule has 0 amide bonds. The summed E-state index contributed by atoms with van der Waals surface area (Å²) in [5, 5.41) is 7.78. The standard InChI is InChI=1S/C8H8BrN5/c9-6-5(13-8(10)11)2-1-4-3-12-14-7(4)6/h1-3H,(H,12,14)(H4,10,11,13). The highest BCUT2D eigenvalue weighted by Gasteiger charge is 2.05. The average Bonchev–Trinajstić information content (AvgIpc) is 2.57. The second-order valence-corrected chi connectivity index (χ2v) is 3.56. The predicted molar refractivity (Wildman–Crippen MR) is 59.3 cm³/mol. The monoisotopic (exact) mass is 253 g/mol. The maximum Gasteiger partial charge on any atom is 0.191 e. The Bertz CT molecular complexity index is 497. The van der Waals surface area contributed by atoms with E-state index in [1.54, 1.807) is 6.20 Å². The molecule has 2 aromatic rings. The molecule has 1 aromatic carbocycles. The van der Waals surface area contributed by atoms with E-state index in [9.17, 15) is 0 Å². The zero-order valence-corrected chi connectivity index (χ0v) is 8.75. The quantitative estimate of drug-likeness (QED) is 0.527. The number of halogens is 1. The Morgan fingerprint density at radius 1 is 1.43 bits per heavy atom. The molecule has 0 aliphatic rings. The van der Waals surface area contributed by atoms with Gasteiger partial charge in [0.2, 0.25) is 0 Å². The minimum Gasteiger partial charge on any atom is -0.370 e. The first-order valence-electron chi connectivity index (χ1n) is 3.89. The van der Waals surface area contributed by atoms with Crippen molar-refractivity contribution < 1.29 is 0 Å². The number of H-pyrrole nitrogens is 1. The summed E-state index contributed by atoms with van der Waals surface area (Å²) in [6, 6.07) is 3.72. The molecule has 5 N–H and O–H groups in total. The van der Waals surface area contributed by atoms with Crippen molar-refractivity contribution in [1.29, 1.82) is 0 Å². The normalized spacial score (nSPS) is 10.4. The van der Waals surface area contributed by atoms with Crippen LogP contribution in [0.4, 0.5) is 5.69 Å². The van der Waals surface area contributed by atoms with Crippen LogP contribution in [0.1, 0.15) is 0 Å². The molecule has 1 heterocycles. The van der Waals surface area contributed by atoms with E-state index in [1.165, 1.54) is 0 Å². The third kappa shape index (κ3) is 1.44. The molecule has 0 saturated carbocycles. The fraction of sp³-hybridized carbons (Fsp3) is 0. The molecule has 0 saturated heterocycles. The fourth-order valence-corrected chi connectivity index (χ4v) is 1.73. The van der Waals surface area contributed by atoms with Crippen LogP contribution in [0.25, 0.3) is 10.9 Å². The number of aromatic amines is 1. The van der Waals surface area contributed by atoms with Crippen molar-refractivity contribution in [2.45, 2.75) is 0 Å².